The van der Waals surface area contributed by atoms with Crippen molar-refractivity contribution >= 4 is 11.4 Å². The molecule has 1 amide bonds. The number of fused-ring (bicyclic) bond motifs is 1. The molecule has 1 aliphatic carbocycles. The predicted molar refractivity (Wildman–Crippen MR) is 114 cm³/mol. The first kappa shape index (κ1) is 18.5. The van der Waals surface area contributed by atoms with Crippen LogP contribution in [0.4, 0.5) is 0 Å². The molecule has 1 aliphatic rings. The molecule has 7 nitrogen and oxygen atoms in total. The van der Waals surface area contributed by atoms with Crippen LogP contribution >= 0.6 is 0 Å². The maximum atomic E-state index is 13.0. The van der Waals surface area contributed by atoms with E-state index in [2.05, 4.69) is 26.2 Å². The third-order valence-corrected chi connectivity index (χ3v) is 5.76. The summed E-state index contributed by atoms with van der Waals surface area (Å²) in [5.74, 6) is -0.137. The lowest BCUT2D eigenvalue weighted by atomic mass is 10.2. The standard InChI is InChI=1S/C23H24N6O/c1-16-13-25-17(14-24-16)15-26-23(30)19-12-22(28-10-5-4-8-21(19)28)20-9-11-29(27-20)18-6-2-3-7-18/h4-5,8-14,18H,2-3,6-7,15H2,1H3,(H,26,30). The Morgan fingerprint density at radius 2 is 2.00 bits per heavy atom. The van der Waals surface area contributed by atoms with Crippen molar-refractivity contribution in [1.82, 2.24) is 29.5 Å². The van der Waals surface area contributed by atoms with Gasteiger partial charge in [-0.15, -0.1) is 0 Å². The molecule has 5 rings (SSSR count). The maximum absolute atomic E-state index is 13.0. The van der Waals surface area contributed by atoms with Gasteiger partial charge >= 0.3 is 0 Å². The summed E-state index contributed by atoms with van der Waals surface area (Å²) in [6, 6.07) is 10.3. The second-order valence-corrected chi connectivity index (χ2v) is 7.85. The van der Waals surface area contributed by atoms with Crippen LogP contribution in [0.5, 0.6) is 0 Å². The van der Waals surface area contributed by atoms with Crippen molar-refractivity contribution in [3.63, 3.8) is 0 Å². The Morgan fingerprint density at radius 1 is 1.13 bits per heavy atom. The molecule has 0 radical (unpaired) electrons. The molecule has 1 N–H and O–H groups in total. The third-order valence-electron chi connectivity index (χ3n) is 5.76. The highest BCUT2D eigenvalue weighted by atomic mass is 16.1. The van der Waals surface area contributed by atoms with Gasteiger partial charge in [-0.2, -0.15) is 5.10 Å². The van der Waals surface area contributed by atoms with Crippen LogP contribution in [0, 0.1) is 6.92 Å². The fraction of sp³-hybridized carbons (Fsp3) is 0.304. The Labute approximate surface area is 174 Å². The molecule has 7 heteroatoms. The van der Waals surface area contributed by atoms with Gasteiger partial charge in [0.05, 0.1) is 46.9 Å². The fourth-order valence-electron chi connectivity index (χ4n) is 4.16. The average molecular weight is 400 g/mol. The molecule has 30 heavy (non-hydrogen) atoms. The maximum Gasteiger partial charge on any atom is 0.253 e. The Hall–Kier alpha value is -3.48. The summed E-state index contributed by atoms with van der Waals surface area (Å²) in [6.45, 7) is 2.22. The molecule has 0 aromatic carbocycles. The van der Waals surface area contributed by atoms with E-state index in [0.717, 1.165) is 28.3 Å². The summed E-state index contributed by atoms with van der Waals surface area (Å²) in [4.78, 5) is 21.5. The number of rotatable bonds is 5. The molecule has 0 aliphatic heterocycles. The van der Waals surface area contributed by atoms with Crippen LogP contribution in [-0.4, -0.2) is 30.1 Å². The van der Waals surface area contributed by atoms with E-state index in [1.165, 1.54) is 25.7 Å². The SMILES string of the molecule is Cc1cnc(CNC(=O)c2cc(-c3ccn(C4CCCC4)n3)n3ccccc23)cn1. The molecule has 4 heterocycles. The molecule has 0 bridgehead atoms. The zero-order valence-electron chi connectivity index (χ0n) is 17.0. The minimum atomic E-state index is -0.137. The minimum absolute atomic E-state index is 0.137. The summed E-state index contributed by atoms with van der Waals surface area (Å²) in [5, 5.41) is 7.79. The number of hydrogen-bond acceptors (Lipinski definition) is 4. The number of nitrogens with zero attached hydrogens (tertiary/aromatic N) is 5. The van der Waals surface area contributed by atoms with Gasteiger partial charge in [0.2, 0.25) is 0 Å². The molecule has 0 atom stereocenters. The van der Waals surface area contributed by atoms with Crippen molar-refractivity contribution in [2.24, 2.45) is 0 Å². The monoisotopic (exact) mass is 400 g/mol. The molecular formula is C23H24N6O. The van der Waals surface area contributed by atoms with Crippen molar-refractivity contribution < 1.29 is 4.79 Å². The summed E-state index contributed by atoms with van der Waals surface area (Å²) in [5.41, 5.74) is 4.86. The lowest BCUT2D eigenvalue weighted by Crippen LogP contribution is -2.23. The van der Waals surface area contributed by atoms with Crippen molar-refractivity contribution in [3.05, 3.63) is 72.1 Å². The van der Waals surface area contributed by atoms with Gasteiger partial charge in [0.25, 0.3) is 5.91 Å². The molecule has 1 saturated carbocycles. The Bertz CT molecular complexity index is 1180. The van der Waals surface area contributed by atoms with E-state index in [1.807, 2.05) is 47.9 Å². The summed E-state index contributed by atoms with van der Waals surface area (Å²) in [7, 11) is 0. The number of pyridine rings is 1. The molecule has 0 saturated heterocycles. The lowest BCUT2D eigenvalue weighted by molar-refractivity contribution is 0.0952. The van der Waals surface area contributed by atoms with Crippen LogP contribution < -0.4 is 5.32 Å². The average Bonchev–Trinajstić information content (AvgIpc) is 3.52. The number of nitrogens with one attached hydrogen (secondary N) is 1. The van der Waals surface area contributed by atoms with Crippen LogP contribution in [0.2, 0.25) is 0 Å². The van der Waals surface area contributed by atoms with Gasteiger partial charge in [-0.3, -0.25) is 19.4 Å². The highest BCUT2D eigenvalue weighted by Crippen LogP contribution is 2.31. The second-order valence-electron chi connectivity index (χ2n) is 7.85. The van der Waals surface area contributed by atoms with Crippen LogP contribution in [0.1, 0.15) is 53.5 Å². The molecule has 4 aromatic heterocycles. The van der Waals surface area contributed by atoms with Crippen molar-refractivity contribution in [1.29, 1.82) is 0 Å². The predicted octanol–water partition coefficient (Wildman–Crippen LogP) is 3.95. The number of carbonyl (C=O) groups excluding carboxylic acids is 1. The smallest absolute Gasteiger partial charge is 0.253 e. The van der Waals surface area contributed by atoms with Gasteiger partial charge in [0, 0.05) is 18.6 Å². The first-order valence-electron chi connectivity index (χ1n) is 10.4. The van der Waals surface area contributed by atoms with E-state index < -0.39 is 0 Å². The van der Waals surface area contributed by atoms with E-state index in [1.54, 1.807) is 12.4 Å². The van der Waals surface area contributed by atoms with Crippen molar-refractivity contribution in [3.8, 4) is 11.4 Å². The zero-order chi connectivity index (χ0) is 20.5. The van der Waals surface area contributed by atoms with E-state index in [4.69, 9.17) is 5.10 Å². The van der Waals surface area contributed by atoms with Gasteiger partial charge in [0.1, 0.15) is 5.69 Å². The summed E-state index contributed by atoms with van der Waals surface area (Å²) >= 11 is 0. The molecule has 152 valence electrons. The number of aromatic nitrogens is 5. The van der Waals surface area contributed by atoms with Crippen LogP contribution in [0.25, 0.3) is 16.9 Å². The topological polar surface area (TPSA) is 77.1 Å². The Morgan fingerprint density at radius 3 is 2.80 bits per heavy atom. The van der Waals surface area contributed by atoms with E-state index in [0.29, 0.717) is 18.2 Å². The van der Waals surface area contributed by atoms with E-state index in [9.17, 15) is 4.79 Å². The second kappa shape index (κ2) is 7.74. The fourth-order valence-corrected chi connectivity index (χ4v) is 4.16. The molecule has 0 spiro atoms. The van der Waals surface area contributed by atoms with E-state index in [-0.39, 0.29) is 5.91 Å². The summed E-state index contributed by atoms with van der Waals surface area (Å²) < 4.78 is 4.11. The van der Waals surface area contributed by atoms with Crippen LogP contribution in [-0.2, 0) is 6.54 Å². The molecule has 1 fully saturated rings. The van der Waals surface area contributed by atoms with Crippen LogP contribution in [0.3, 0.4) is 0 Å². The number of aryl methyl sites for hydroxylation is 1. The number of hydrogen-bond donors (Lipinski definition) is 1. The van der Waals surface area contributed by atoms with Gasteiger partial charge in [-0.05, 0) is 44.0 Å². The number of amides is 1. The number of carbonyl (C=O) groups is 1. The van der Waals surface area contributed by atoms with Gasteiger partial charge in [0.15, 0.2) is 0 Å². The lowest BCUT2D eigenvalue weighted by Gasteiger charge is -2.08. The normalized spacial score (nSPS) is 14.4. The largest absolute Gasteiger partial charge is 0.346 e. The minimum Gasteiger partial charge on any atom is -0.346 e. The highest BCUT2D eigenvalue weighted by molar-refractivity contribution is 6.02. The van der Waals surface area contributed by atoms with Crippen LogP contribution in [0.15, 0.2) is 55.1 Å². The van der Waals surface area contributed by atoms with E-state index >= 15 is 0 Å². The Balaban J connectivity index is 1.43. The summed E-state index contributed by atoms with van der Waals surface area (Å²) in [6.07, 6.45) is 12.3. The third kappa shape index (κ3) is 3.47. The quantitative estimate of drug-likeness (QED) is 0.550. The first-order chi connectivity index (χ1) is 14.7. The van der Waals surface area contributed by atoms with Gasteiger partial charge in [-0.1, -0.05) is 18.9 Å². The highest BCUT2D eigenvalue weighted by Gasteiger charge is 2.21. The molecular weight excluding hydrogens is 376 g/mol. The van der Waals surface area contributed by atoms with Crippen molar-refractivity contribution in [2.45, 2.75) is 45.2 Å². The van der Waals surface area contributed by atoms with Crippen molar-refractivity contribution in [2.75, 3.05) is 0 Å². The Kier molecular flexibility index (Phi) is 4.78. The van der Waals surface area contributed by atoms with Gasteiger partial charge < -0.3 is 9.72 Å². The van der Waals surface area contributed by atoms with Gasteiger partial charge in [-0.25, -0.2) is 0 Å². The molecule has 0 unspecified atom stereocenters. The zero-order valence-corrected chi connectivity index (χ0v) is 17.0. The molecule has 4 aromatic rings. The first-order valence-corrected chi connectivity index (χ1v) is 10.4.